The molecule has 0 aromatic heterocycles. The number of hydrogen-bond acceptors (Lipinski definition) is 4. The van der Waals surface area contributed by atoms with Gasteiger partial charge in [0.1, 0.15) is 11.5 Å². The number of esters is 1. The average molecular weight is 380 g/mol. The van der Waals surface area contributed by atoms with Gasteiger partial charge in [0.05, 0.1) is 23.7 Å². The fourth-order valence-corrected chi connectivity index (χ4v) is 3.15. The number of carbonyl (C=O) groups excluding carboxylic acids is 2. The maximum Gasteiger partial charge on any atom is 0.316 e. The van der Waals surface area contributed by atoms with E-state index in [0.29, 0.717) is 16.5 Å². The van der Waals surface area contributed by atoms with E-state index in [1.54, 1.807) is 18.2 Å². The average Bonchev–Trinajstić information content (AvgIpc) is 2.99. The van der Waals surface area contributed by atoms with Crippen molar-refractivity contribution in [2.75, 3.05) is 18.6 Å². The van der Waals surface area contributed by atoms with Crippen LogP contribution in [0.5, 0.6) is 11.5 Å². The van der Waals surface area contributed by atoms with Gasteiger partial charge in [-0.25, -0.2) is 0 Å². The summed E-state index contributed by atoms with van der Waals surface area (Å²) in [7, 11) is 1.54. The summed E-state index contributed by atoms with van der Waals surface area (Å²) in [5, 5.41) is 0.690. The van der Waals surface area contributed by atoms with E-state index >= 15 is 0 Å². The normalized spacial score (nSPS) is 16.8. The number of para-hydroxylation sites is 2. The molecule has 0 radical (unpaired) electrons. The third-order valence-electron chi connectivity index (χ3n) is 3.94. The number of methoxy groups -OCH3 is 1. The van der Waals surface area contributed by atoms with Crippen molar-refractivity contribution in [2.45, 2.75) is 6.42 Å². The molecule has 1 saturated heterocycles. The Bertz CT molecular complexity index is 824. The van der Waals surface area contributed by atoms with Crippen molar-refractivity contribution in [1.29, 1.82) is 0 Å². The van der Waals surface area contributed by atoms with E-state index in [2.05, 4.69) is 0 Å². The first-order valence-electron chi connectivity index (χ1n) is 7.59. The summed E-state index contributed by atoms with van der Waals surface area (Å²) in [5.74, 6) is -0.447. The molecule has 5 nitrogen and oxygen atoms in total. The molecule has 2 aromatic rings. The summed E-state index contributed by atoms with van der Waals surface area (Å²) >= 11 is 11.8. The zero-order chi connectivity index (χ0) is 18.0. The van der Waals surface area contributed by atoms with Crippen LogP contribution in [0.15, 0.2) is 42.5 Å². The van der Waals surface area contributed by atoms with Crippen molar-refractivity contribution >= 4 is 40.8 Å². The molecule has 1 aliphatic rings. The highest BCUT2D eigenvalue weighted by atomic mass is 35.5. The zero-order valence-corrected chi connectivity index (χ0v) is 14.9. The van der Waals surface area contributed by atoms with Crippen LogP contribution >= 0.6 is 23.2 Å². The van der Waals surface area contributed by atoms with Gasteiger partial charge in [-0.1, -0.05) is 35.3 Å². The minimum Gasteiger partial charge on any atom is -0.495 e. The summed E-state index contributed by atoms with van der Waals surface area (Å²) in [6.07, 6.45) is 0.0715. The topological polar surface area (TPSA) is 55.8 Å². The number of hydrogen-bond donors (Lipinski definition) is 0. The van der Waals surface area contributed by atoms with Crippen molar-refractivity contribution in [3.8, 4) is 11.5 Å². The monoisotopic (exact) mass is 379 g/mol. The Hall–Kier alpha value is -2.24. The lowest BCUT2D eigenvalue weighted by Gasteiger charge is -2.19. The molecule has 7 heteroatoms. The third-order valence-corrected chi connectivity index (χ3v) is 4.47. The van der Waals surface area contributed by atoms with Gasteiger partial charge in [0.25, 0.3) is 0 Å². The molecule has 3 rings (SSSR count). The quantitative estimate of drug-likeness (QED) is 0.595. The first-order valence-corrected chi connectivity index (χ1v) is 8.35. The number of anilines is 1. The lowest BCUT2D eigenvalue weighted by Crippen LogP contribution is -2.27. The van der Waals surface area contributed by atoms with Crippen LogP contribution < -0.4 is 14.4 Å². The molecular weight excluding hydrogens is 365 g/mol. The highest BCUT2D eigenvalue weighted by Gasteiger charge is 2.37. The lowest BCUT2D eigenvalue weighted by atomic mass is 10.1. The molecule has 0 aliphatic carbocycles. The lowest BCUT2D eigenvalue weighted by molar-refractivity contribution is -0.139. The number of halogens is 2. The second-order valence-corrected chi connectivity index (χ2v) is 6.42. The van der Waals surface area contributed by atoms with E-state index in [0.717, 1.165) is 0 Å². The Labute approximate surface area is 155 Å². The van der Waals surface area contributed by atoms with Crippen molar-refractivity contribution in [2.24, 2.45) is 5.92 Å². The van der Waals surface area contributed by atoms with E-state index in [4.69, 9.17) is 32.7 Å². The van der Waals surface area contributed by atoms with E-state index in [1.165, 1.54) is 24.1 Å². The number of rotatable bonds is 4. The van der Waals surface area contributed by atoms with Crippen LogP contribution in [0.25, 0.3) is 0 Å². The van der Waals surface area contributed by atoms with E-state index in [-0.39, 0.29) is 29.6 Å². The molecule has 1 unspecified atom stereocenters. The first kappa shape index (κ1) is 17.6. The van der Waals surface area contributed by atoms with Gasteiger partial charge < -0.3 is 14.4 Å². The highest BCUT2D eigenvalue weighted by Crippen LogP contribution is 2.34. The fraction of sp³-hybridized carbons (Fsp3) is 0.222. The molecule has 1 amide bonds. The van der Waals surface area contributed by atoms with Crippen LogP contribution in [-0.2, 0) is 9.59 Å². The Morgan fingerprint density at radius 1 is 1.16 bits per heavy atom. The summed E-state index contributed by atoms with van der Waals surface area (Å²) < 4.78 is 10.6. The molecule has 1 fully saturated rings. The van der Waals surface area contributed by atoms with Crippen LogP contribution in [0.2, 0.25) is 10.0 Å². The summed E-state index contributed by atoms with van der Waals surface area (Å²) in [6, 6.07) is 11.8. The van der Waals surface area contributed by atoms with Crippen molar-refractivity contribution in [3.05, 3.63) is 52.5 Å². The van der Waals surface area contributed by atoms with Gasteiger partial charge in [-0.05, 0) is 30.3 Å². The Morgan fingerprint density at radius 2 is 1.92 bits per heavy atom. The molecule has 0 saturated carbocycles. The van der Waals surface area contributed by atoms with E-state index in [1.807, 2.05) is 12.1 Å². The van der Waals surface area contributed by atoms with Gasteiger partial charge in [0.15, 0.2) is 0 Å². The van der Waals surface area contributed by atoms with Gasteiger partial charge in [-0.15, -0.1) is 0 Å². The van der Waals surface area contributed by atoms with E-state index < -0.39 is 11.9 Å². The number of benzene rings is 2. The highest BCUT2D eigenvalue weighted by molar-refractivity contribution is 6.35. The molecule has 130 valence electrons. The second-order valence-electron chi connectivity index (χ2n) is 5.57. The molecule has 0 N–H and O–H groups in total. The zero-order valence-electron chi connectivity index (χ0n) is 13.4. The van der Waals surface area contributed by atoms with Crippen LogP contribution in [0.4, 0.5) is 5.69 Å². The van der Waals surface area contributed by atoms with Crippen LogP contribution in [0.3, 0.4) is 0 Å². The van der Waals surface area contributed by atoms with Gasteiger partial charge in [0, 0.05) is 18.0 Å². The number of carbonyl (C=O) groups is 2. The van der Waals surface area contributed by atoms with Crippen molar-refractivity contribution in [1.82, 2.24) is 0 Å². The Balaban J connectivity index is 1.74. The predicted molar refractivity (Wildman–Crippen MR) is 95.6 cm³/mol. The minimum absolute atomic E-state index is 0.0715. The maximum absolute atomic E-state index is 12.4. The van der Waals surface area contributed by atoms with E-state index in [9.17, 15) is 9.59 Å². The van der Waals surface area contributed by atoms with Gasteiger partial charge in [-0.2, -0.15) is 0 Å². The molecular formula is C18H15Cl2NO4. The largest absolute Gasteiger partial charge is 0.495 e. The number of amides is 1. The Kier molecular flexibility index (Phi) is 5.16. The molecule has 2 aromatic carbocycles. The number of ether oxygens (including phenoxy) is 2. The minimum atomic E-state index is -0.579. The van der Waals surface area contributed by atoms with Gasteiger partial charge >= 0.3 is 5.97 Å². The molecule has 1 aliphatic heterocycles. The smallest absolute Gasteiger partial charge is 0.316 e. The summed E-state index contributed by atoms with van der Waals surface area (Å²) in [5.41, 5.74) is 0.634. The standard InChI is InChI=1S/C18H15Cl2NO4/c1-24-16-5-3-2-4-14(16)21-10-11(8-17(21)22)18(23)25-15-7-6-12(19)9-13(15)20/h2-7,9,11H,8,10H2,1H3. The SMILES string of the molecule is COc1ccccc1N1CC(C(=O)Oc2ccc(Cl)cc2Cl)CC1=O. The maximum atomic E-state index is 12.4. The Morgan fingerprint density at radius 3 is 2.64 bits per heavy atom. The second kappa shape index (κ2) is 7.33. The fourth-order valence-electron chi connectivity index (χ4n) is 2.70. The van der Waals surface area contributed by atoms with Gasteiger partial charge in [-0.3, -0.25) is 9.59 Å². The predicted octanol–water partition coefficient (Wildman–Crippen LogP) is 3.96. The molecule has 0 spiro atoms. The van der Waals surface area contributed by atoms with Crippen LogP contribution in [0.1, 0.15) is 6.42 Å². The first-order chi connectivity index (χ1) is 12.0. The third kappa shape index (κ3) is 3.72. The molecule has 1 atom stereocenters. The molecule has 0 bridgehead atoms. The van der Waals surface area contributed by atoms with Crippen LogP contribution in [-0.4, -0.2) is 25.5 Å². The van der Waals surface area contributed by atoms with Crippen molar-refractivity contribution in [3.63, 3.8) is 0 Å². The van der Waals surface area contributed by atoms with Crippen molar-refractivity contribution < 1.29 is 19.1 Å². The molecule has 25 heavy (non-hydrogen) atoms. The van der Waals surface area contributed by atoms with Crippen LogP contribution in [0, 0.1) is 5.92 Å². The molecule has 1 heterocycles. The van der Waals surface area contributed by atoms with Gasteiger partial charge in [0.2, 0.25) is 5.91 Å². The summed E-state index contributed by atoms with van der Waals surface area (Å²) in [6.45, 7) is 0.225. The summed E-state index contributed by atoms with van der Waals surface area (Å²) in [4.78, 5) is 26.3. The number of nitrogens with zero attached hydrogens (tertiary/aromatic N) is 1.